The van der Waals surface area contributed by atoms with E-state index in [2.05, 4.69) is 15.3 Å². The molecule has 0 saturated carbocycles. The zero-order valence-electron chi connectivity index (χ0n) is 9.82. The van der Waals surface area contributed by atoms with Gasteiger partial charge in [-0.1, -0.05) is 0 Å². The maximum atomic E-state index is 11.2. The van der Waals surface area contributed by atoms with Gasteiger partial charge in [-0.15, -0.1) is 5.11 Å². The Morgan fingerprint density at radius 2 is 2.35 bits per heavy atom. The lowest BCUT2D eigenvalue weighted by atomic mass is 10.2. The number of allylic oxidation sites excluding steroid dienone is 2. The van der Waals surface area contributed by atoms with Crippen LogP contribution < -0.4 is 5.32 Å². The molecule has 2 N–H and O–H groups in total. The van der Waals surface area contributed by atoms with Crippen LogP contribution >= 0.6 is 0 Å². The third kappa shape index (κ3) is 2.64. The average molecular weight is 236 g/mol. The van der Waals surface area contributed by atoms with Crippen LogP contribution in [0.15, 0.2) is 28.3 Å². The van der Waals surface area contributed by atoms with E-state index in [4.69, 9.17) is 10.3 Å². The summed E-state index contributed by atoms with van der Waals surface area (Å²) < 4.78 is 5.38. The predicted molar refractivity (Wildman–Crippen MR) is 61.1 cm³/mol. The van der Waals surface area contributed by atoms with Crippen LogP contribution in [0.3, 0.4) is 0 Å². The molecule has 0 aromatic carbocycles. The van der Waals surface area contributed by atoms with Crippen LogP contribution in [0.1, 0.15) is 13.3 Å². The van der Waals surface area contributed by atoms with Gasteiger partial charge in [0.1, 0.15) is 6.61 Å². The summed E-state index contributed by atoms with van der Waals surface area (Å²) in [7, 11) is 0. The molecule has 92 valence electrons. The fourth-order valence-electron chi connectivity index (χ4n) is 1.97. The van der Waals surface area contributed by atoms with Gasteiger partial charge in [-0.05, 0) is 13.0 Å². The van der Waals surface area contributed by atoms with E-state index >= 15 is 0 Å². The molecule has 0 radical (unpaired) electrons. The number of rotatable bonds is 2. The second-order valence-corrected chi connectivity index (χ2v) is 4.11. The van der Waals surface area contributed by atoms with Gasteiger partial charge >= 0.3 is 0 Å². The number of ether oxygens (including phenoxy) is 1. The molecule has 1 fully saturated rings. The van der Waals surface area contributed by atoms with Gasteiger partial charge in [0.25, 0.3) is 0 Å². The number of hydrogen-bond donors (Lipinski definition) is 2. The van der Waals surface area contributed by atoms with Gasteiger partial charge in [-0.3, -0.25) is 4.79 Å². The zero-order chi connectivity index (χ0) is 12.3. The molecule has 1 amide bonds. The van der Waals surface area contributed by atoms with E-state index in [9.17, 15) is 4.79 Å². The van der Waals surface area contributed by atoms with Crippen molar-refractivity contribution in [3.8, 4) is 0 Å². The molecule has 0 aromatic rings. The Labute approximate surface area is 99.8 Å². The van der Waals surface area contributed by atoms with Crippen molar-refractivity contribution in [2.75, 3.05) is 26.2 Å². The van der Waals surface area contributed by atoms with Gasteiger partial charge in [-0.2, -0.15) is 0 Å². The quantitative estimate of drug-likeness (QED) is 0.702. The zero-order valence-corrected chi connectivity index (χ0v) is 9.82. The maximum Gasteiger partial charge on any atom is 0.236 e. The largest absolute Gasteiger partial charge is 0.470 e. The lowest BCUT2D eigenvalue weighted by molar-refractivity contribution is -0.120. The molecule has 0 atom stereocenters. The molecule has 6 nitrogen and oxygen atoms in total. The maximum absolute atomic E-state index is 11.2. The Balaban J connectivity index is 2.10. The van der Waals surface area contributed by atoms with Crippen molar-refractivity contribution in [1.82, 2.24) is 10.2 Å². The minimum absolute atomic E-state index is 0.0962. The predicted octanol–water partition coefficient (Wildman–Crippen LogP) is 0.985. The van der Waals surface area contributed by atoms with E-state index in [0.29, 0.717) is 32.0 Å². The van der Waals surface area contributed by atoms with Crippen molar-refractivity contribution in [3.05, 3.63) is 23.2 Å². The summed E-state index contributed by atoms with van der Waals surface area (Å²) in [5, 5.41) is 6.15. The molecule has 2 aliphatic rings. The lowest BCUT2D eigenvalue weighted by Crippen LogP contribution is -2.30. The normalized spacial score (nSPS) is 21.4. The molecule has 6 heteroatoms. The van der Waals surface area contributed by atoms with Crippen molar-refractivity contribution in [1.29, 1.82) is 5.53 Å². The summed E-state index contributed by atoms with van der Waals surface area (Å²) in [6.07, 6.45) is 2.49. The van der Waals surface area contributed by atoms with Crippen molar-refractivity contribution in [2.24, 2.45) is 5.11 Å². The van der Waals surface area contributed by atoms with Crippen LogP contribution in [-0.2, 0) is 9.53 Å². The summed E-state index contributed by atoms with van der Waals surface area (Å²) in [5.41, 5.74) is 8.84. The highest BCUT2D eigenvalue weighted by Gasteiger charge is 2.19. The van der Waals surface area contributed by atoms with Crippen LogP contribution in [-0.4, -0.2) is 37.0 Å². The molecule has 0 spiro atoms. The highest BCUT2D eigenvalue weighted by Crippen LogP contribution is 2.21. The van der Waals surface area contributed by atoms with E-state index in [1.165, 1.54) is 0 Å². The average Bonchev–Trinajstić information content (AvgIpc) is 2.54. The molecule has 0 aliphatic carbocycles. The molecule has 0 aromatic heterocycles. The smallest absolute Gasteiger partial charge is 0.236 e. The van der Waals surface area contributed by atoms with Gasteiger partial charge < -0.3 is 15.0 Å². The van der Waals surface area contributed by atoms with Crippen LogP contribution in [0.5, 0.6) is 0 Å². The first kappa shape index (κ1) is 11.6. The Kier molecular flexibility index (Phi) is 3.41. The van der Waals surface area contributed by atoms with E-state index in [1.807, 2.05) is 13.0 Å². The Morgan fingerprint density at radius 1 is 1.53 bits per heavy atom. The minimum Gasteiger partial charge on any atom is -0.470 e. The molecule has 17 heavy (non-hydrogen) atoms. The highest BCUT2D eigenvalue weighted by atomic mass is 16.5. The first-order valence-electron chi connectivity index (χ1n) is 5.64. The van der Waals surface area contributed by atoms with Crippen molar-refractivity contribution in [2.45, 2.75) is 13.3 Å². The van der Waals surface area contributed by atoms with Crippen LogP contribution in [0.4, 0.5) is 0 Å². The Bertz CT molecular complexity index is 400. The number of carbonyl (C=O) groups is 1. The number of hydrogen-bond acceptors (Lipinski definition) is 5. The molecular weight excluding hydrogens is 220 g/mol. The fraction of sp³-hybridized carbons (Fsp3) is 0.545. The van der Waals surface area contributed by atoms with Crippen LogP contribution in [0.25, 0.3) is 0 Å². The summed E-state index contributed by atoms with van der Waals surface area (Å²) in [5.74, 6) is 0.469. The SMILES string of the molecule is CC1=C(N=N)OCC(N2CCNC(=O)CC2)=C1. The first-order chi connectivity index (χ1) is 8.20. The molecule has 2 heterocycles. The van der Waals surface area contributed by atoms with Gasteiger partial charge in [0.2, 0.25) is 11.8 Å². The second-order valence-electron chi connectivity index (χ2n) is 4.11. The van der Waals surface area contributed by atoms with Gasteiger partial charge in [0, 0.05) is 31.6 Å². The monoisotopic (exact) mass is 236 g/mol. The Morgan fingerprint density at radius 3 is 3.06 bits per heavy atom. The molecular formula is C11H16N4O2. The second kappa shape index (κ2) is 4.99. The minimum atomic E-state index is 0.0962. The van der Waals surface area contributed by atoms with E-state index in [-0.39, 0.29) is 5.91 Å². The molecule has 1 saturated heterocycles. The summed E-state index contributed by atoms with van der Waals surface area (Å²) in [6, 6.07) is 0. The van der Waals surface area contributed by atoms with E-state index < -0.39 is 0 Å². The molecule has 0 unspecified atom stereocenters. The highest BCUT2D eigenvalue weighted by molar-refractivity contribution is 5.76. The number of nitrogens with one attached hydrogen (secondary N) is 2. The molecule has 0 bridgehead atoms. The summed E-state index contributed by atoms with van der Waals surface area (Å²) in [6.45, 7) is 4.45. The standard InChI is InChI=1S/C11H16N4O2/c1-8-6-9(7-17-11(8)14-12)15-4-2-10(16)13-3-5-15/h6,12H,2-5,7H2,1H3,(H,13,16). The van der Waals surface area contributed by atoms with E-state index in [1.54, 1.807) is 0 Å². The number of carbonyl (C=O) groups excluding carboxylic acids is 1. The van der Waals surface area contributed by atoms with Crippen molar-refractivity contribution < 1.29 is 9.53 Å². The third-order valence-electron chi connectivity index (χ3n) is 2.90. The number of amides is 1. The Hall–Kier alpha value is -1.85. The summed E-state index contributed by atoms with van der Waals surface area (Å²) in [4.78, 5) is 13.4. The number of nitrogens with zero attached hydrogens (tertiary/aromatic N) is 2. The summed E-state index contributed by atoms with van der Waals surface area (Å²) >= 11 is 0. The molecule has 2 rings (SSSR count). The lowest BCUT2D eigenvalue weighted by Gasteiger charge is -2.27. The van der Waals surface area contributed by atoms with Crippen LogP contribution in [0, 0.1) is 5.53 Å². The van der Waals surface area contributed by atoms with Gasteiger partial charge in [-0.25, -0.2) is 5.53 Å². The topological polar surface area (TPSA) is 77.8 Å². The third-order valence-corrected chi connectivity index (χ3v) is 2.90. The van der Waals surface area contributed by atoms with Gasteiger partial charge in [0.05, 0.1) is 5.70 Å². The van der Waals surface area contributed by atoms with Crippen LogP contribution in [0.2, 0.25) is 0 Å². The van der Waals surface area contributed by atoms with Crippen molar-refractivity contribution >= 4 is 5.91 Å². The van der Waals surface area contributed by atoms with E-state index in [0.717, 1.165) is 17.8 Å². The fourth-order valence-corrected chi connectivity index (χ4v) is 1.97. The van der Waals surface area contributed by atoms with Crippen molar-refractivity contribution in [3.63, 3.8) is 0 Å². The first-order valence-corrected chi connectivity index (χ1v) is 5.64. The molecule has 2 aliphatic heterocycles. The van der Waals surface area contributed by atoms with Gasteiger partial charge in [0.15, 0.2) is 0 Å².